The van der Waals surface area contributed by atoms with Crippen molar-refractivity contribution in [2.24, 2.45) is 11.5 Å². The quantitative estimate of drug-likeness (QED) is 0.740. The second kappa shape index (κ2) is 5.56. The van der Waals surface area contributed by atoms with Crippen molar-refractivity contribution in [3.05, 3.63) is 45.2 Å². The Morgan fingerprint density at radius 3 is 2.79 bits per heavy atom. The van der Waals surface area contributed by atoms with E-state index in [0.29, 0.717) is 29.2 Å². The monoisotopic (exact) mass is 296 g/mol. The van der Waals surface area contributed by atoms with Crippen molar-refractivity contribution in [2.75, 3.05) is 6.54 Å². The van der Waals surface area contributed by atoms with E-state index < -0.39 is 0 Å². The van der Waals surface area contributed by atoms with Crippen molar-refractivity contribution in [3.63, 3.8) is 0 Å². The van der Waals surface area contributed by atoms with Crippen molar-refractivity contribution >= 4 is 28.9 Å². The van der Waals surface area contributed by atoms with Gasteiger partial charge in [-0.05, 0) is 37.3 Å². The molecule has 0 spiro atoms. The first-order valence-electron chi connectivity index (χ1n) is 5.64. The molecule has 19 heavy (non-hydrogen) atoms. The van der Waals surface area contributed by atoms with Crippen LogP contribution in [0.1, 0.15) is 5.56 Å². The van der Waals surface area contributed by atoms with E-state index in [-0.39, 0.29) is 10.7 Å². The molecule has 0 bridgehead atoms. The first kappa shape index (κ1) is 13.8. The number of aromatic nitrogens is 2. The van der Waals surface area contributed by atoms with Crippen LogP contribution in [0.4, 0.5) is 0 Å². The molecule has 0 saturated carbocycles. The number of nitrogens with two attached hydrogens (primary N) is 2. The Morgan fingerprint density at radius 2 is 2.21 bits per heavy atom. The Kier molecular flexibility index (Phi) is 4.04. The zero-order valence-electron chi connectivity index (χ0n) is 10.0. The van der Waals surface area contributed by atoms with Crippen LogP contribution in [-0.4, -0.2) is 21.4 Å². The standard InChI is InChI=1S/C12H13ClN4OS/c13-8-3-1-2-7(6-8)10-9(4-5-14)11(18)17(16-10)12(15)19/h1-3,6,16H,4-5,14H2,(H2,15,19). The smallest absolute Gasteiger partial charge is 0.277 e. The van der Waals surface area contributed by atoms with Gasteiger partial charge in [-0.2, -0.15) is 4.68 Å². The SMILES string of the molecule is NCCc1c(-c2cccc(Cl)c2)[nH]n(C(N)=S)c1=O. The van der Waals surface area contributed by atoms with Gasteiger partial charge in [-0.3, -0.25) is 9.89 Å². The molecule has 0 saturated heterocycles. The number of hydrogen-bond acceptors (Lipinski definition) is 3. The lowest BCUT2D eigenvalue weighted by Crippen LogP contribution is -2.31. The van der Waals surface area contributed by atoms with Crippen molar-refractivity contribution < 1.29 is 0 Å². The fourth-order valence-electron chi connectivity index (χ4n) is 1.89. The zero-order chi connectivity index (χ0) is 14.0. The molecule has 2 rings (SSSR count). The predicted molar refractivity (Wildman–Crippen MR) is 80.4 cm³/mol. The molecule has 100 valence electrons. The Labute approximate surface area is 120 Å². The minimum Gasteiger partial charge on any atom is -0.374 e. The van der Waals surface area contributed by atoms with E-state index >= 15 is 0 Å². The number of halogens is 1. The molecule has 2 aromatic rings. The minimum atomic E-state index is -0.270. The van der Waals surface area contributed by atoms with E-state index in [1.54, 1.807) is 18.2 Å². The number of benzene rings is 1. The van der Waals surface area contributed by atoms with Crippen LogP contribution in [0.5, 0.6) is 0 Å². The fourth-order valence-corrected chi connectivity index (χ4v) is 2.21. The van der Waals surface area contributed by atoms with E-state index in [4.69, 9.17) is 35.3 Å². The van der Waals surface area contributed by atoms with Gasteiger partial charge in [0.25, 0.3) is 5.56 Å². The predicted octanol–water partition coefficient (Wildman–Crippen LogP) is 1.09. The molecule has 1 aromatic carbocycles. The molecular weight excluding hydrogens is 284 g/mol. The number of aromatic amines is 1. The van der Waals surface area contributed by atoms with Crippen LogP contribution in [0.2, 0.25) is 5.02 Å². The highest BCUT2D eigenvalue weighted by Gasteiger charge is 2.16. The molecule has 5 nitrogen and oxygen atoms in total. The van der Waals surface area contributed by atoms with Gasteiger partial charge in [0, 0.05) is 16.1 Å². The normalized spacial score (nSPS) is 10.6. The number of hydrogen-bond donors (Lipinski definition) is 3. The number of H-pyrrole nitrogens is 1. The van der Waals surface area contributed by atoms with Gasteiger partial charge in [-0.1, -0.05) is 23.7 Å². The first-order chi connectivity index (χ1) is 9.04. The Balaban J connectivity index is 2.65. The van der Waals surface area contributed by atoms with Gasteiger partial charge >= 0.3 is 0 Å². The average Bonchev–Trinajstić information content (AvgIpc) is 2.68. The van der Waals surface area contributed by atoms with Crippen molar-refractivity contribution in [1.29, 1.82) is 0 Å². The first-order valence-corrected chi connectivity index (χ1v) is 6.43. The molecule has 0 fully saturated rings. The second-order valence-electron chi connectivity index (χ2n) is 3.99. The molecule has 0 amide bonds. The van der Waals surface area contributed by atoms with Gasteiger partial charge in [0.05, 0.1) is 5.69 Å². The molecule has 7 heteroatoms. The molecule has 0 aliphatic heterocycles. The number of rotatable bonds is 3. The lowest BCUT2D eigenvalue weighted by atomic mass is 10.1. The van der Waals surface area contributed by atoms with Gasteiger partial charge in [-0.25, -0.2) is 0 Å². The molecular formula is C12H13ClN4OS. The van der Waals surface area contributed by atoms with Crippen LogP contribution in [0.25, 0.3) is 11.3 Å². The van der Waals surface area contributed by atoms with Crippen molar-refractivity contribution in [1.82, 2.24) is 9.78 Å². The summed E-state index contributed by atoms with van der Waals surface area (Å²) in [6.45, 7) is 0.359. The highest BCUT2D eigenvalue weighted by Crippen LogP contribution is 2.23. The van der Waals surface area contributed by atoms with Crippen molar-refractivity contribution in [2.45, 2.75) is 6.42 Å². The lowest BCUT2D eigenvalue weighted by molar-refractivity contribution is 0.899. The largest absolute Gasteiger partial charge is 0.374 e. The molecule has 0 radical (unpaired) electrons. The summed E-state index contributed by atoms with van der Waals surface area (Å²) in [6, 6.07) is 7.18. The fraction of sp³-hybridized carbons (Fsp3) is 0.167. The molecule has 5 N–H and O–H groups in total. The molecule has 0 atom stereocenters. The van der Waals surface area contributed by atoms with Crippen LogP contribution < -0.4 is 17.0 Å². The molecule has 0 aliphatic carbocycles. The summed E-state index contributed by atoms with van der Waals surface area (Å²) in [4.78, 5) is 12.2. The van der Waals surface area contributed by atoms with Gasteiger partial charge in [0.15, 0.2) is 5.11 Å². The maximum absolute atomic E-state index is 12.2. The van der Waals surface area contributed by atoms with E-state index in [1.807, 2.05) is 6.07 Å². The van der Waals surface area contributed by atoms with Crippen LogP contribution in [0.3, 0.4) is 0 Å². The molecule has 0 aliphatic rings. The molecule has 1 heterocycles. The van der Waals surface area contributed by atoms with E-state index in [9.17, 15) is 4.79 Å². The average molecular weight is 297 g/mol. The summed E-state index contributed by atoms with van der Waals surface area (Å²) in [6.07, 6.45) is 0.437. The summed E-state index contributed by atoms with van der Waals surface area (Å²) >= 11 is 10.8. The third kappa shape index (κ3) is 2.70. The zero-order valence-corrected chi connectivity index (χ0v) is 11.6. The van der Waals surface area contributed by atoms with Gasteiger partial charge < -0.3 is 11.5 Å². The third-order valence-electron chi connectivity index (χ3n) is 2.71. The maximum atomic E-state index is 12.2. The lowest BCUT2D eigenvalue weighted by Gasteiger charge is -2.02. The van der Waals surface area contributed by atoms with E-state index in [1.165, 1.54) is 0 Å². The van der Waals surface area contributed by atoms with Gasteiger partial charge in [0.1, 0.15) is 0 Å². The van der Waals surface area contributed by atoms with Gasteiger partial charge in [-0.15, -0.1) is 0 Å². The third-order valence-corrected chi connectivity index (χ3v) is 3.13. The summed E-state index contributed by atoms with van der Waals surface area (Å²) in [7, 11) is 0. The van der Waals surface area contributed by atoms with Crippen LogP contribution in [-0.2, 0) is 6.42 Å². The second-order valence-corrected chi connectivity index (χ2v) is 4.85. The van der Waals surface area contributed by atoms with Crippen LogP contribution in [0, 0.1) is 0 Å². The highest BCUT2D eigenvalue weighted by atomic mass is 35.5. The number of thiocarbonyl (C=S) groups is 1. The maximum Gasteiger partial charge on any atom is 0.277 e. The number of nitrogens with one attached hydrogen (secondary N) is 1. The Hall–Kier alpha value is -1.63. The molecule has 0 unspecified atom stereocenters. The minimum absolute atomic E-state index is 0.0310. The van der Waals surface area contributed by atoms with Crippen molar-refractivity contribution in [3.8, 4) is 11.3 Å². The summed E-state index contributed by atoms with van der Waals surface area (Å²) in [5.74, 6) is 0. The summed E-state index contributed by atoms with van der Waals surface area (Å²) in [5, 5.41) is 3.45. The topological polar surface area (TPSA) is 89.8 Å². The van der Waals surface area contributed by atoms with E-state index in [0.717, 1.165) is 10.2 Å². The summed E-state index contributed by atoms with van der Waals surface area (Å²) < 4.78 is 1.14. The Bertz CT molecular complexity index is 677. The summed E-state index contributed by atoms with van der Waals surface area (Å²) in [5.41, 5.74) is 12.8. The van der Waals surface area contributed by atoms with Crippen LogP contribution in [0.15, 0.2) is 29.1 Å². The van der Waals surface area contributed by atoms with Crippen LogP contribution >= 0.6 is 23.8 Å². The van der Waals surface area contributed by atoms with Gasteiger partial charge in [0.2, 0.25) is 0 Å². The number of nitrogens with zero attached hydrogens (tertiary/aromatic N) is 1. The van der Waals surface area contributed by atoms with E-state index in [2.05, 4.69) is 5.10 Å². The molecule has 1 aromatic heterocycles. The highest BCUT2D eigenvalue weighted by molar-refractivity contribution is 7.80. The Morgan fingerprint density at radius 1 is 1.47 bits per heavy atom.